The van der Waals surface area contributed by atoms with Crippen LogP contribution in [-0.2, 0) is 11.3 Å². The molecule has 0 unspecified atom stereocenters. The third-order valence-corrected chi connectivity index (χ3v) is 5.06. The number of aliphatic imine (C=N–C) groups is 1. The second kappa shape index (κ2) is 7.69. The number of ether oxygens (including phenoxy) is 1. The zero-order valence-electron chi connectivity index (χ0n) is 16.1. The minimum absolute atomic E-state index is 0.0442. The number of rotatable bonds is 4. The number of nitrogens with zero attached hydrogens (tertiary/aromatic N) is 2. The Hall–Kier alpha value is -3.40. The first-order valence-electron chi connectivity index (χ1n) is 9.31. The van der Waals surface area contributed by atoms with Crippen LogP contribution in [0.15, 0.2) is 77.8 Å². The van der Waals surface area contributed by atoms with E-state index in [1.54, 1.807) is 7.11 Å². The van der Waals surface area contributed by atoms with Crippen molar-refractivity contribution in [3.8, 4) is 5.75 Å². The normalized spacial score (nSPS) is 13.6. The summed E-state index contributed by atoms with van der Waals surface area (Å²) in [5.41, 5.74) is 5.67. The maximum atomic E-state index is 13.2. The summed E-state index contributed by atoms with van der Waals surface area (Å²) in [5.74, 6) is 0.827. The van der Waals surface area contributed by atoms with E-state index in [0.29, 0.717) is 6.54 Å². The standard InChI is InChI=1S/C24H22N2O2/c1-17-7-3-4-8-19(17)16-26-23-10-6-5-9-21(23)25-22(15-24(26)27)18-11-13-20(28-2)14-12-18/h3-14H,15-16H2,1-2H3. The van der Waals surface area contributed by atoms with Crippen LogP contribution >= 0.6 is 0 Å². The predicted octanol–water partition coefficient (Wildman–Crippen LogP) is 5.06. The second-order valence-corrected chi connectivity index (χ2v) is 6.86. The van der Waals surface area contributed by atoms with E-state index in [9.17, 15) is 4.79 Å². The summed E-state index contributed by atoms with van der Waals surface area (Å²) in [4.78, 5) is 19.9. The molecule has 0 aliphatic carbocycles. The fourth-order valence-corrected chi connectivity index (χ4v) is 3.43. The molecular weight excluding hydrogens is 348 g/mol. The molecule has 4 rings (SSSR count). The second-order valence-electron chi connectivity index (χ2n) is 6.86. The van der Waals surface area contributed by atoms with E-state index in [4.69, 9.17) is 9.73 Å². The molecule has 0 radical (unpaired) electrons. The van der Waals surface area contributed by atoms with Crippen LogP contribution in [0.5, 0.6) is 5.75 Å². The summed E-state index contributed by atoms with van der Waals surface area (Å²) < 4.78 is 5.24. The van der Waals surface area contributed by atoms with Crippen LogP contribution in [-0.4, -0.2) is 18.7 Å². The van der Waals surface area contributed by atoms with Gasteiger partial charge in [0.2, 0.25) is 5.91 Å². The summed E-state index contributed by atoms with van der Waals surface area (Å²) in [6, 6.07) is 23.7. The number of carbonyl (C=O) groups excluding carboxylic acids is 1. The number of amides is 1. The van der Waals surface area contributed by atoms with Gasteiger partial charge in [-0.1, -0.05) is 36.4 Å². The molecule has 1 heterocycles. The van der Waals surface area contributed by atoms with Crippen LogP contribution in [0.3, 0.4) is 0 Å². The van der Waals surface area contributed by atoms with Crippen molar-refractivity contribution in [2.45, 2.75) is 19.9 Å². The van der Waals surface area contributed by atoms with E-state index in [2.05, 4.69) is 19.1 Å². The van der Waals surface area contributed by atoms with Crippen molar-refractivity contribution in [3.63, 3.8) is 0 Å². The Morgan fingerprint density at radius 1 is 0.964 bits per heavy atom. The maximum Gasteiger partial charge on any atom is 0.233 e. The van der Waals surface area contributed by atoms with E-state index in [1.165, 1.54) is 5.56 Å². The van der Waals surface area contributed by atoms with Gasteiger partial charge in [-0.15, -0.1) is 0 Å². The molecule has 3 aromatic carbocycles. The summed E-state index contributed by atoms with van der Waals surface area (Å²) >= 11 is 0. The Kier molecular flexibility index (Phi) is 4.94. The molecule has 0 spiro atoms. The Morgan fingerprint density at radius 2 is 1.68 bits per heavy atom. The van der Waals surface area contributed by atoms with E-state index in [-0.39, 0.29) is 12.3 Å². The van der Waals surface area contributed by atoms with Gasteiger partial charge in [-0.25, -0.2) is 0 Å². The lowest BCUT2D eigenvalue weighted by molar-refractivity contribution is -0.117. The highest BCUT2D eigenvalue weighted by atomic mass is 16.5. The first kappa shape index (κ1) is 18.0. The Bertz CT molecular complexity index is 1040. The molecule has 4 heteroatoms. The van der Waals surface area contributed by atoms with Crippen molar-refractivity contribution in [1.29, 1.82) is 0 Å². The summed E-state index contributed by atoms with van der Waals surface area (Å²) in [6.45, 7) is 2.61. The quantitative estimate of drug-likeness (QED) is 0.644. The smallest absolute Gasteiger partial charge is 0.233 e. The number of benzene rings is 3. The summed E-state index contributed by atoms with van der Waals surface area (Å²) in [5, 5.41) is 0. The van der Waals surface area contributed by atoms with Crippen molar-refractivity contribution >= 4 is 23.0 Å². The van der Waals surface area contributed by atoms with Crippen LogP contribution < -0.4 is 9.64 Å². The van der Waals surface area contributed by atoms with E-state index >= 15 is 0 Å². The minimum Gasteiger partial charge on any atom is -0.497 e. The van der Waals surface area contributed by atoms with Crippen molar-refractivity contribution in [1.82, 2.24) is 0 Å². The molecule has 1 aliphatic heterocycles. The topological polar surface area (TPSA) is 41.9 Å². The monoisotopic (exact) mass is 370 g/mol. The average Bonchev–Trinajstić information content (AvgIpc) is 2.86. The lowest BCUT2D eigenvalue weighted by atomic mass is 10.1. The highest BCUT2D eigenvalue weighted by Crippen LogP contribution is 2.34. The molecule has 1 aliphatic rings. The van der Waals surface area contributed by atoms with Gasteiger partial charge in [0.1, 0.15) is 5.75 Å². The van der Waals surface area contributed by atoms with Crippen LogP contribution in [0.25, 0.3) is 0 Å². The fourth-order valence-electron chi connectivity index (χ4n) is 3.43. The lowest BCUT2D eigenvalue weighted by Gasteiger charge is -2.23. The number of hydrogen-bond acceptors (Lipinski definition) is 3. The fraction of sp³-hybridized carbons (Fsp3) is 0.167. The van der Waals surface area contributed by atoms with E-state index < -0.39 is 0 Å². The van der Waals surface area contributed by atoms with Crippen LogP contribution in [0.4, 0.5) is 11.4 Å². The Morgan fingerprint density at radius 3 is 2.43 bits per heavy atom. The Balaban J connectivity index is 1.73. The summed E-state index contributed by atoms with van der Waals surface area (Å²) in [7, 11) is 1.64. The largest absolute Gasteiger partial charge is 0.497 e. The number of para-hydroxylation sites is 2. The molecule has 28 heavy (non-hydrogen) atoms. The van der Waals surface area contributed by atoms with Crippen molar-refractivity contribution < 1.29 is 9.53 Å². The average molecular weight is 370 g/mol. The van der Waals surface area contributed by atoms with Gasteiger partial charge in [0.05, 0.1) is 37.2 Å². The molecule has 4 nitrogen and oxygen atoms in total. The number of methoxy groups -OCH3 is 1. The number of anilines is 1. The molecule has 0 N–H and O–H groups in total. The first-order chi connectivity index (χ1) is 13.7. The molecule has 3 aromatic rings. The van der Waals surface area contributed by atoms with Gasteiger partial charge < -0.3 is 9.64 Å². The van der Waals surface area contributed by atoms with Crippen LogP contribution in [0, 0.1) is 6.92 Å². The van der Waals surface area contributed by atoms with Gasteiger partial charge in [-0.2, -0.15) is 0 Å². The molecule has 0 atom stereocenters. The van der Waals surface area contributed by atoms with Crippen molar-refractivity contribution in [3.05, 3.63) is 89.5 Å². The third kappa shape index (κ3) is 3.54. The minimum atomic E-state index is 0.0442. The molecule has 0 bridgehead atoms. The molecular formula is C24H22N2O2. The van der Waals surface area contributed by atoms with E-state index in [1.807, 2.05) is 65.6 Å². The van der Waals surface area contributed by atoms with Crippen molar-refractivity contribution in [2.75, 3.05) is 12.0 Å². The molecule has 0 aromatic heterocycles. The Labute approximate surface area is 165 Å². The molecule has 140 valence electrons. The molecule has 0 fully saturated rings. The SMILES string of the molecule is COc1ccc(C2=Nc3ccccc3N(Cc3ccccc3C)C(=O)C2)cc1. The van der Waals surface area contributed by atoms with Gasteiger partial charge in [-0.05, 0) is 60.0 Å². The lowest BCUT2D eigenvalue weighted by Crippen LogP contribution is -2.31. The molecule has 0 saturated carbocycles. The predicted molar refractivity (Wildman–Crippen MR) is 113 cm³/mol. The van der Waals surface area contributed by atoms with Gasteiger partial charge in [-0.3, -0.25) is 9.79 Å². The molecule has 1 amide bonds. The van der Waals surface area contributed by atoms with Gasteiger partial charge in [0, 0.05) is 0 Å². The van der Waals surface area contributed by atoms with Gasteiger partial charge in [0.25, 0.3) is 0 Å². The van der Waals surface area contributed by atoms with E-state index in [0.717, 1.165) is 34.0 Å². The third-order valence-electron chi connectivity index (χ3n) is 5.06. The zero-order valence-corrected chi connectivity index (χ0v) is 16.1. The first-order valence-corrected chi connectivity index (χ1v) is 9.31. The van der Waals surface area contributed by atoms with Gasteiger partial charge >= 0.3 is 0 Å². The van der Waals surface area contributed by atoms with Crippen LogP contribution in [0.2, 0.25) is 0 Å². The molecule has 0 saturated heterocycles. The van der Waals surface area contributed by atoms with Crippen LogP contribution in [0.1, 0.15) is 23.1 Å². The van der Waals surface area contributed by atoms with Gasteiger partial charge in [0.15, 0.2) is 0 Å². The zero-order chi connectivity index (χ0) is 19.5. The highest BCUT2D eigenvalue weighted by molar-refractivity contribution is 6.17. The summed E-state index contributed by atoms with van der Waals surface area (Å²) in [6.07, 6.45) is 0.257. The van der Waals surface area contributed by atoms with Crippen molar-refractivity contribution in [2.24, 2.45) is 4.99 Å². The number of carbonyl (C=O) groups is 1. The maximum absolute atomic E-state index is 13.2. The number of hydrogen-bond donors (Lipinski definition) is 0. The number of fused-ring (bicyclic) bond motifs is 1. The highest BCUT2D eigenvalue weighted by Gasteiger charge is 2.25. The number of aryl methyl sites for hydroxylation is 1.